The molecule has 1 aliphatic rings. The highest BCUT2D eigenvalue weighted by Gasteiger charge is 2.25. The monoisotopic (exact) mass is 184 g/mol. The Balaban J connectivity index is 1.97. The predicted octanol–water partition coefficient (Wildman–Crippen LogP) is 0.928. The van der Waals surface area contributed by atoms with Gasteiger partial charge in [-0.1, -0.05) is 0 Å². The van der Waals surface area contributed by atoms with Crippen LogP contribution in [-0.2, 0) is 0 Å². The molecule has 1 atom stereocenters. The Morgan fingerprint density at radius 2 is 2.58 bits per heavy atom. The number of nitrogens with zero attached hydrogens (tertiary/aromatic N) is 1. The summed E-state index contributed by atoms with van der Waals surface area (Å²) in [6, 6.07) is 0.670. The van der Waals surface area contributed by atoms with Crippen molar-refractivity contribution >= 4 is 11.3 Å². The van der Waals surface area contributed by atoms with Crippen LogP contribution in [0.25, 0.3) is 0 Å². The van der Waals surface area contributed by atoms with Crippen LogP contribution in [0.3, 0.4) is 0 Å². The van der Waals surface area contributed by atoms with Crippen molar-refractivity contribution in [2.24, 2.45) is 0 Å². The van der Waals surface area contributed by atoms with Crippen molar-refractivity contribution in [3.8, 4) is 0 Å². The van der Waals surface area contributed by atoms with E-state index in [9.17, 15) is 0 Å². The Morgan fingerprint density at radius 1 is 1.75 bits per heavy atom. The van der Waals surface area contributed by atoms with Gasteiger partial charge in [-0.25, -0.2) is 4.98 Å². The zero-order chi connectivity index (χ0) is 8.39. The molecule has 0 saturated heterocycles. The fourth-order valence-electron chi connectivity index (χ4n) is 1.14. The van der Waals surface area contributed by atoms with E-state index in [1.54, 1.807) is 17.5 Å². The van der Waals surface area contributed by atoms with Crippen LogP contribution in [0.1, 0.15) is 23.9 Å². The van der Waals surface area contributed by atoms with Gasteiger partial charge >= 0.3 is 0 Å². The quantitative estimate of drug-likeness (QED) is 0.731. The van der Waals surface area contributed by atoms with Crippen LogP contribution in [0.15, 0.2) is 11.6 Å². The number of aliphatic hydroxyl groups excluding tert-OH is 1. The summed E-state index contributed by atoms with van der Waals surface area (Å²) in [5.41, 5.74) is 0. The molecule has 0 aliphatic heterocycles. The molecule has 0 bridgehead atoms. The first kappa shape index (κ1) is 8.16. The van der Waals surface area contributed by atoms with E-state index in [4.69, 9.17) is 5.11 Å². The molecule has 3 nitrogen and oxygen atoms in total. The van der Waals surface area contributed by atoms with E-state index in [0.717, 1.165) is 5.01 Å². The second-order valence-electron chi connectivity index (χ2n) is 3.05. The Kier molecular flexibility index (Phi) is 2.39. The van der Waals surface area contributed by atoms with Gasteiger partial charge in [-0.3, -0.25) is 0 Å². The summed E-state index contributed by atoms with van der Waals surface area (Å²) in [6.45, 7) is 0.143. The highest BCUT2D eigenvalue weighted by Crippen LogP contribution is 2.24. The van der Waals surface area contributed by atoms with Gasteiger partial charge in [-0.15, -0.1) is 11.3 Å². The van der Waals surface area contributed by atoms with Crippen molar-refractivity contribution in [3.05, 3.63) is 16.6 Å². The average Bonchev–Trinajstić information content (AvgIpc) is 2.74. The molecule has 1 heterocycles. The molecular formula is C8H12N2OS. The predicted molar refractivity (Wildman–Crippen MR) is 48.1 cm³/mol. The van der Waals surface area contributed by atoms with Crippen molar-refractivity contribution < 1.29 is 5.11 Å². The number of aliphatic hydroxyl groups is 1. The smallest absolute Gasteiger partial charge is 0.112 e. The van der Waals surface area contributed by atoms with Crippen LogP contribution in [0, 0.1) is 0 Å². The molecule has 0 aromatic carbocycles. The zero-order valence-electron chi connectivity index (χ0n) is 6.73. The van der Waals surface area contributed by atoms with Crippen LogP contribution >= 0.6 is 11.3 Å². The molecule has 66 valence electrons. The molecule has 1 fully saturated rings. The number of rotatable bonds is 4. The molecule has 1 unspecified atom stereocenters. The Morgan fingerprint density at radius 3 is 3.08 bits per heavy atom. The average molecular weight is 184 g/mol. The molecule has 1 aromatic heterocycles. The fraction of sp³-hybridized carbons (Fsp3) is 0.625. The van der Waals surface area contributed by atoms with E-state index >= 15 is 0 Å². The second kappa shape index (κ2) is 3.51. The van der Waals surface area contributed by atoms with Crippen LogP contribution in [0.2, 0.25) is 0 Å². The first-order chi connectivity index (χ1) is 5.90. The minimum absolute atomic E-state index is 0.0532. The Labute approximate surface area is 75.5 Å². The summed E-state index contributed by atoms with van der Waals surface area (Å²) in [5.74, 6) is 0. The van der Waals surface area contributed by atoms with Crippen LogP contribution in [0.4, 0.5) is 0 Å². The van der Waals surface area contributed by atoms with E-state index in [-0.39, 0.29) is 12.6 Å². The molecule has 1 saturated carbocycles. The lowest BCUT2D eigenvalue weighted by Crippen LogP contribution is -2.26. The molecule has 2 N–H and O–H groups in total. The van der Waals surface area contributed by atoms with E-state index in [0.29, 0.717) is 6.04 Å². The van der Waals surface area contributed by atoms with Gasteiger partial charge < -0.3 is 10.4 Å². The van der Waals surface area contributed by atoms with Crippen molar-refractivity contribution in [1.29, 1.82) is 0 Å². The summed E-state index contributed by atoms with van der Waals surface area (Å²) in [4.78, 5) is 4.16. The lowest BCUT2D eigenvalue weighted by atomic mass is 10.3. The fourth-order valence-corrected chi connectivity index (χ4v) is 1.83. The molecule has 0 amide bonds. The summed E-state index contributed by atoms with van der Waals surface area (Å²) < 4.78 is 0. The van der Waals surface area contributed by atoms with Gasteiger partial charge in [0.05, 0.1) is 12.6 Å². The zero-order valence-corrected chi connectivity index (χ0v) is 7.55. The molecule has 1 aromatic rings. The lowest BCUT2D eigenvalue weighted by molar-refractivity contribution is 0.243. The van der Waals surface area contributed by atoms with Gasteiger partial charge in [0.15, 0.2) is 0 Å². The maximum atomic E-state index is 9.08. The molecule has 0 radical (unpaired) electrons. The third-order valence-electron chi connectivity index (χ3n) is 1.95. The molecular weight excluding hydrogens is 172 g/mol. The van der Waals surface area contributed by atoms with E-state index in [1.807, 2.05) is 5.38 Å². The number of aromatic nitrogens is 1. The summed E-state index contributed by atoms with van der Waals surface area (Å²) >= 11 is 1.59. The van der Waals surface area contributed by atoms with Gasteiger partial charge in [0.25, 0.3) is 0 Å². The highest BCUT2D eigenvalue weighted by molar-refractivity contribution is 7.09. The third-order valence-corrected chi connectivity index (χ3v) is 2.84. The molecule has 12 heavy (non-hydrogen) atoms. The summed E-state index contributed by atoms with van der Waals surface area (Å²) in [5, 5.41) is 15.3. The van der Waals surface area contributed by atoms with E-state index in [1.165, 1.54) is 12.8 Å². The largest absolute Gasteiger partial charge is 0.394 e. The second-order valence-corrected chi connectivity index (χ2v) is 3.97. The summed E-state index contributed by atoms with van der Waals surface area (Å²) in [6.07, 6.45) is 4.25. The minimum Gasteiger partial charge on any atom is -0.394 e. The van der Waals surface area contributed by atoms with Crippen molar-refractivity contribution in [2.45, 2.75) is 24.9 Å². The maximum Gasteiger partial charge on any atom is 0.112 e. The van der Waals surface area contributed by atoms with Crippen molar-refractivity contribution in [2.75, 3.05) is 6.61 Å². The molecule has 0 spiro atoms. The number of thiazole rings is 1. The van der Waals surface area contributed by atoms with E-state index < -0.39 is 0 Å². The van der Waals surface area contributed by atoms with Gasteiger partial charge in [-0.05, 0) is 12.8 Å². The third kappa shape index (κ3) is 1.83. The molecule has 2 rings (SSSR count). The SMILES string of the molecule is OCC(NC1CC1)c1nccs1. The van der Waals surface area contributed by atoms with Crippen LogP contribution in [0.5, 0.6) is 0 Å². The molecule has 4 heteroatoms. The van der Waals surface area contributed by atoms with Crippen molar-refractivity contribution in [1.82, 2.24) is 10.3 Å². The molecule has 1 aliphatic carbocycles. The van der Waals surface area contributed by atoms with Crippen molar-refractivity contribution in [3.63, 3.8) is 0 Å². The topological polar surface area (TPSA) is 45.1 Å². The first-order valence-corrected chi connectivity index (χ1v) is 5.04. The number of hydrogen-bond donors (Lipinski definition) is 2. The standard InChI is InChI=1S/C8H12N2OS/c11-5-7(10-6-1-2-6)8-9-3-4-12-8/h3-4,6-7,10-11H,1-2,5H2. The number of hydrogen-bond acceptors (Lipinski definition) is 4. The van der Waals surface area contributed by atoms with Gasteiger partial charge in [0, 0.05) is 17.6 Å². The van der Waals surface area contributed by atoms with E-state index in [2.05, 4.69) is 10.3 Å². The highest BCUT2D eigenvalue weighted by atomic mass is 32.1. The van der Waals surface area contributed by atoms with Gasteiger partial charge in [0.1, 0.15) is 5.01 Å². The normalized spacial score (nSPS) is 19.4. The van der Waals surface area contributed by atoms with Gasteiger partial charge in [0.2, 0.25) is 0 Å². The lowest BCUT2D eigenvalue weighted by Gasteiger charge is -2.11. The minimum atomic E-state index is 0.0532. The van der Waals surface area contributed by atoms with Crippen LogP contribution in [-0.4, -0.2) is 22.7 Å². The first-order valence-electron chi connectivity index (χ1n) is 4.16. The Bertz CT molecular complexity index is 233. The number of nitrogens with one attached hydrogen (secondary N) is 1. The van der Waals surface area contributed by atoms with Gasteiger partial charge in [-0.2, -0.15) is 0 Å². The summed E-state index contributed by atoms with van der Waals surface area (Å²) in [7, 11) is 0. The van der Waals surface area contributed by atoms with Crippen LogP contribution < -0.4 is 5.32 Å². The Hall–Kier alpha value is -0.450. The maximum absolute atomic E-state index is 9.08.